The molecular weight excluding hydrogens is 396 g/mol. The summed E-state index contributed by atoms with van der Waals surface area (Å²) in [4.78, 5) is 37.0. The standard InChI is InChI=1S/C20H19F2N5O3/c21-13-6-20(7-13,17-15(22)2-1-5-23-17)11-26-19-24-8-14(9-25-19)27-10-12(18(29)30)3-4-16(27)28/h1-3,5,8-9,13H,4,6-7,10-11H2,(H,29,30)(H,24,25,26). The fraction of sp³-hybridized carbons (Fsp3) is 0.350. The molecule has 0 atom stereocenters. The monoisotopic (exact) mass is 415 g/mol. The molecule has 156 valence electrons. The zero-order chi connectivity index (χ0) is 21.3. The van der Waals surface area contributed by atoms with Gasteiger partial charge in [0.1, 0.15) is 12.0 Å². The smallest absolute Gasteiger partial charge is 0.333 e. The van der Waals surface area contributed by atoms with Crippen molar-refractivity contribution in [3.63, 3.8) is 0 Å². The van der Waals surface area contributed by atoms with Crippen molar-refractivity contribution in [1.82, 2.24) is 15.0 Å². The van der Waals surface area contributed by atoms with Gasteiger partial charge in [0, 0.05) is 24.6 Å². The molecule has 0 spiro atoms. The summed E-state index contributed by atoms with van der Waals surface area (Å²) in [6, 6.07) is 2.79. The van der Waals surface area contributed by atoms with Crippen LogP contribution in [-0.4, -0.2) is 51.2 Å². The van der Waals surface area contributed by atoms with E-state index in [1.54, 1.807) is 0 Å². The molecule has 0 aromatic carbocycles. The van der Waals surface area contributed by atoms with Gasteiger partial charge in [-0.2, -0.15) is 0 Å². The lowest BCUT2D eigenvalue weighted by Crippen LogP contribution is -2.49. The number of nitrogens with zero attached hydrogens (tertiary/aromatic N) is 4. The number of anilines is 2. The van der Waals surface area contributed by atoms with E-state index in [-0.39, 0.29) is 55.5 Å². The first kappa shape index (κ1) is 19.9. The zero-order valence-corrected chi connectivity index (χ0v) is 15.9. The van der Waals surface area contributed by atoms with Crippen LogP contribution in [0.3, 0.4) is 0 Å². The number of rotatable bonds is 6. The Labute approximate surface area is 170 Å². The molecule has 2 aliphatic rings. The Morgan fingerprint density at radius 1 is 1.30 bits per heavy atom. The number of pyridine rings is 1. The van der Waals surface area contributed by atoms with Crippen molar-refractivity contribution in [3.8, 4) is 0 Å². The number of carboxylic acid groups (broad SMARTS) is 1. The maximum absolute atomic E-state index is 14.2. The van der Waals surface area contributed by atoms with E-state index in [0.717, 1.165) is 0 Å². The third-order valence-electron chi connectivity index (χ3n) is 5.45. The summed E-state index contributed by atoms with van der Waals surface area (Å²) in [7, 11) is 0. The van der Waals surface area contributed by atoms with Gasteiger partial charge >= 0.3 is 5.97 Å². The van der Waals surface area contributed by atoms with Crippen molar-refractivity contribution in [2.75, 3.05) is 23.3 Å². The molecule has 0 unspecified atom stereocenters. The molecule has 1 fully saturated rings. The van der Waals surface area contributed by atoms with Gasteiger partial charge in [0.05, 0.1) is 35.9 Å². The predicted octanol–water partition coefficient (Wildman–Crippen LogP) is 2.24. The second-order valence-corrected chi connectivity index (χ2v) is 7.46. The summed E-state index contributed by atoms with van der Waals surface area (Å²) in [5.74, 6) is -1.58. The van der Waals surface area contributed by atoms with E-state index in [9.17, 15) is 18.4 Å². The number of aliphatic carboxylic acids is 1. The fourth-order valence-corrected chi connectivity index (χ4v) is 3.82. The summed E-state index contributed by atoms with van der Waals surface area (Å²) in [5, 5.41) is 12.1. The lowest BCUT2D eigenvalue weighted by Gasteiger charge is -2.43. The van der Waals surface area contributed by atoms with Crippen LogP contribution in [0.25, 0.3) is 0 Å². The van der Waals surface area contributed by atoms with Gasteiger partial charge < -0.3 is 15.3 Å². The van der Waals surface area contributed by atoms with Crippen molar-refractivity contribution in [1.29, 1.82) is 0 Å². The molecule has 2 aromatic heterocycles. The molecule has 3 heterocycles. The van der Waals surface area contributed by atoms with Gasteiger partial charge in [-0.1, -0.05) is 6.08 Å². The average molecular weight is 415 g/mol. The van der Waals surface area contributed by atoms with E-state index in [4.69, 9.17) is 5.11 Å². The van der Waals surface area contributed by atoms with Gasteiger partial charge in [0.25, 0.3) is 0 Å². The van der Waals surface area contributed by atoms with Gasteiger partial charge in [-0.25, -0.2) is 23.5 Å². The first-order valence-corrected chi connectivity index (χ1v) is 9.42. The number of alkyl halides is 1. The predicted molar refractivity (Wildman–Crippen MR) is 103 cm³/mol. The first-order chi connectivity index (χ1) is 14.4. The van der Waals surface area contributed by atoms with Crippen molar-refractivity contribution < 1.29 is 23.5 Å². The van der Waals surface area contributed by atoms with E-state index >= 15 is 0 Å². The minimum Gasteiger partial charge on any atom is -0.478 e. The van der Waals surface area contributed by atoms with Crippen LogP contribution in [0.2, 0.25) is 0 Å². The lowest BCUT2D eigenvalue weighted by molar-refractivity contribution is -0.132. The van der Waals surface area contributed by atoms with E-state index in [2.05, 4.69) is 20.3 Å². The second-order valence-electron chi connectivity index (χ2n) is 7.46. The van der Waals surface area contributed by atoms with E-state index in [0.29, 0.717) is 5.69 Å². The van der Waals surface area contributed by atoms with Crippen LogP contribution in [0.15, 0.2) is 42.4 Å². The normalized spacial score (nSPS) is 23.5. The molecule has 1 amide bonds. The van der Waals surface area contributed by atoms with E-state index in [1.165, 1.54) is 41.7 Å². The van der Waals surface area contributed by atoms with Crippen LogP contribution in [0.4, 0.5) is 20.4 Å². The SMILES string of the molecule is O=C(O)C1=CCC(=O)N(c2cnc(NCC3(c4ncccc4F)CC(F)C3)nc2)C1. The molecule has 1 saturated carbocycles. The number of hydrogen-bond acceptors (Lipinski definition) is 6. The van der Waals surface area contributed by atoms with Crippen LogP contribution in [0.1, 0.15) is 25.0 Å². The minimum absolute atomic E-state index is 0.00973. The van der Waals surface area contributed by atoms with Crippen LogP contribution in [0.5, 0.6) is 0 Å². The van der Waals surface area contributed by atoms with Gasteiger partial charge in [0.2, 0.25) is 11.9 Å². The number of carbonyl (C=O) groups excluding carboxylic acids is 1. The molecule has 1 aliphatic heterocycles. The van der Waals surface area contributed by atoms with Gasteiger partial charge in [-0.05, 0) is 25.0 Å². The molecule has 0 radical (unpaired) electrons. The number of carbonyl (C=O) groups is 2. The summed E-state index contributed by atoms with van der Waals surface area (Å²) in [5.41, 5.74) is -0.0660. The minimum atomic E-state index is -1.08. The number of amides is 1. The zero-order valence-electron chi connectivity index (χ0n) is 15.9. The summed E-state index contributed by atoms with van der Waals surface area (Å²) in [6.07, 6.45) is 4.96. The Hall–Kier alpha value is -3.43. The third kappa shape index (κ3) is 3.72. The fourth-order valence-electron chi connectivity index (χ4n) is 3.82. The summed E-state index contributed by atoms with van der Waals surface area (Å²) in [6.45, 7) is 0.138. The molecule has 1 aliphatic carbocycles. The quantitative estimate of drug-likeness (QED) is 0.745. The Bertz CT molecular complexity index is 1010. The van der Waals surface area contributed by atoms with Gasteiger partial charge in [-0.15, -0.1) is 0 Å². The molecule has 2 N–H and O–H groups in total. The molecule has 2 aromatic rings. The Morgan fingerprint density at radius 3 is 2.67 bits per heavy atom. The van der Waals surface area contributed by atoms with Crippen LogP contribution in [0, 0.1) is 5.82 Å². The van der Waals surface area contributed by atoms with Crippen LogP contribution >= 0.6 is 0 Å². The highest BCUT2D eigenvalue weighted by molar-refractivity contribution is 6.00. The topological polar surface area (TPSA) is 108 Å². The summed E-state index contributed by atoms with van der Waals surface area (Å²) < 4.78 is 27.9. The summed E-state index contributed by atoms with van der Waals surface area (Å²) >= 11 is 0. The number of aromatic nitrogens is 3. The molecular formula is C20H19F2N5O3. The maximum Gasteiger partial charge on any atom is 0.333 e. The van der Waals surface area contributed by atoms with Crippen molar-refractivity contribution in [3.05, 3.63) is 53.9 Å². The average Bonchev–Trinajstić information content (AvgIpc) is 2.71. The molecule has 4 rings (SSSR count). The van der Waals surface area contributed by atoms with Gasteiger partial charge in [0.15, 0.2) is 0 Å². The second kappa shape index (κ2) is 7.77. The van der Waals surface area contributed by atoms with Gasteiger partial charge in [-0.3, -0.25) is 9.78 Å². The van der Waals surface area contributed by atoms with Crippen LogP contribution < -0.4 is 10.2 Å². The number of nitrogens with one attached hydrogen (secondary N) is 1. The Morgan fingerprint density at radius 2 is 2.03 bits per heavy atom. The third-order valence-corrected chi connectivity index (χ3v) is 5.45. The molecule has 8 nitrogen and oxygen atoms in total. The number of carboxylic acids is 1. The van der Waals surface area contributed by atoms with Crippen molar-refractivity contribution >= 4 is 23.5 Å². The largest absolute Gasteiger partial charge is 0.478 e. The van der Waals surface area contributed by atoms with Crippen molar-refractivity contribution in [2.45, 2.75) is 30.8 Å². The number of hydrogen-bond donors (Lipinski definition) is 2. The highest BCUT2D eigenvalue weighted by atomic mass is 19.1. The van der Waals surface area contributed by atoms with E-state index in [1.807, 2.05) is 0 Å². The first-order valence-electron chi connectivity index (χ1n) is 9.42. The Balaban J connectivity index is 1.46. The van der Waals surface area contributed by atoms with E-state index < -0.39 is 23.4 Å². The maximum atomic E-state index is 14.2. The van der Waals surface area contributed by atoms with Crippen molar-refractivity contribution in [2.24, 2.45) is 0 Å². The molecule has 30 heavy (non-hydrogen) atoms. The highest BCUT2D eigenvalue weighted by Crippen LogP contribution is 2.45. The number of halogens is 2. The van der Waals surface area contributed by atoms with Crippen LogP contribution in [-0.2, 0) is 15.0 Å². The molecule has 0 saturated heterocycles. The highest BCUT2D eigenvalue weighted by Gasteiger charge is 2.48. The Kier molecular flexibility index (Phi) is 5.15. The lowest BCUT2D eigenvalue weighted by atomic mass is 9.65. The molecule has 0 bridgehead atoms. The molecule has 10 heteroatoms.